The predicted molar refractivity (Wildman–Crippen MR) is 118 cm³/mol. The van der Waals surface area contributed by atoms with Gasteiger partial charge < -0.3 is 15.4 Å². The number of benzene rings is 1. The monoisotopic (exact) mass is 392 g/mol. The molecular formula is C24H32N4O. The van der Waals surface area contributed by atoms with Gasteiger partial charge in [-0.3, -0.25) is 0 Å². The quantitative estimate of drug-likeness (QED) is 0.715. The van der Waals surface area contributed by atoms with E-state index in [0.717, 1.165) is 36.9 Å². The summed E-state index contributed by atoms with van der Waals surface area (Å²) in [5.41, 5.74) is 12.2. The first-order chi connectivity index (χ1) is 14.1. The van der Waals surface area contributed by atoms with Crippen molar-refractivity contribution < 1.29 is 4.74 Å². The molecule has 29 heavy (non-hydrogen) atoms. The Bertz CT molecular complexity index is 867. The Morgan fingerprint density at radius 2 is 1.90 bits per heavy atom. The first-order valence-electron chi connectivity index (χ1n) is 10.9. The van der Waals surface area contributed by atoms with Gasteiger partial charge in [0.2, 0.25) is 0 Å². The van der Waals surface area contributed by atoms with Crippen molar-refractivity contribution in [3.63, 3.8) is 0 Å². The number of rotatable bonds is 7. The second-order valence-corrected chi connectivity index (χ2v) is 8.35. The van der Waals surface area contributed by atoms with Gasteiger partial charge in [-0.15, -0.1) is 0 Å². The summed E-state index contributed by atoms with van der Waals surface area (Å²) in [6, 6.07) is 9.58. The Morgan fingerprint density at radius 1 is 1.14 bits per heavy atom. The van der Waals surface area contributed by atoms with Crippen LogP contribution >= 0.6 is 0 Å². The Labute approximate surface area is 174 Å². The third-order valence-electron chi connectivity index (χ3n) is 6.17. The highest BCUT2D eigenvalue weighted by molar-refractivity contribution is 5.75. The third kappa shape index (κ3) is 4.61. The first-order valence-corrected chi connectivity index (χ1v) is 10.9. The summed E-state index contributed by atoms with van der Waals surface area (Å²) in [7, 11) is 2.21. The fourth-order valence-corrected chi connectivity index (χ4v) is 4.27. The van der Waals surface area contributed by atoms with E-state index in [-0.39, 0.29) is 0 Å². The van der Waals surface area contributed by atoms with Crippen molar-refractivity contribution in [2.45, 2.75) is 51.4 Å². The number of nitrogens with zero attached hydrogens (tertiary/aromatic N) is 3. The lowest BCUT2D eigenvalue weighted by molar-refractivity contribution is 0.255. The van der Waals surface area contributed by atoms with Crippen LogP contribution in [0.2, 0.25) is 0 Å². The molecule has 1 aromatic heterocycles. The molecule has 0 amide bonds. The van der Waals surface area contributed by atoms with Crippen LogP contribution in [-0.2, 0) is 12.8 Å². The summed E-state index contributed by atoms with van der Waals surface area (Å²) in [5.74, 6) is 1.24. The Hall–Kier alpha value is -2.40. The fraction of sp³-hybridized carbons (Fsp3) is 0.500. The van der Waals surface area contributed by atoms with Crippen molar-refractivity contribution in [2.75, 3.05) is 32.5 Å². The lowest BCUT2D eigenvalue weighted by Crippen LogP contribution is -2.29. The normalized spacial score (nSPS) is 17.2. The van der Waals surface area contributed by atoms with E-state index in [2.05, 4.69) is 59.2 Å². The standard InChI is InChI=1S/C24H32N4O/c1-3-4-15-29-24-26-22-20(9-10-21(22)23(25)27-24)16-17-5-7-18(8-6-17)19-11-13-28(2)14-12-19/h5-9,19H,3-4,10-16H2,1-2H3,(H2,25,26,27). The minimum atomic E-state index is 0.403. The van der Waals surface area contributed by atoms with Crippen LogP contribution in [0.1, 0.15) is 60.9 Å². The van der Waals surface area contributed by atoms with Gasteiger partial charge >= 0.3 is 6.01 Å². The number of hydrogen-bond donors (Lipinski definition) is 1. The predicted octanol–water partition coefficient (Wildman–Crippen LogP) is 4.23. The van der Waals surface area contributed by atoms with Gasteiger partial charge in [-0.1, -0.05) is 43.7 Å². The molecule has 0 unspecified atom stereocenters. The number of aromatic nitrogens is 2. The van der Waals surface area contributed by atoms with E-state index >= 15 is 0 Å². The van der Waals surface area contributed by atoms with E-state index in [1.165, 1.54) is 42.6 Å². The van der Waals surface area contributed by atoms with Gasteiger partial charge in [0.05, 0.1) is 12.3 Å². The van der Waals surface area contributed by atoms with Crippen LogP contribution in [0, 0.1) is 0 Å². The van der Waals surface area contributed by atoms with Crippen molar-refractivity contribution in [2.24, 2.45) is 0 Å². The van der Waals surface area contributed by atoms with E-state index in [4.69, 9.17) is 10.5 Å². The van der Waals surface area contributed by atoms with Crippen LogP contribution in [0.15, 0.2) is 30.3 Å². The van der Waals surface area contributed by atoms with Crippen LogP contribution in [0.4, 0.5) is 5.82 Å². The Kier molecular flexibility index (Phi) is 6.14. The summed E-state index contributed by atoms with van der Waals surface area (Å²) < 4.78 is 5.71. The fourth-order valence-electron chi connectivity index (χ4n) is 4.27. The molecule has 2 N–H and O–H groups in total. The van der Waals surface area contributed by atoms with Gasteiger partial charge in [-0.05, 0) is 74.9 Å². The number of hydrogen-bond acceptors (Lipinski definition) is 5. The molecule has 0 atom stereocenters. The van der Waals surface area contributed by atoms with E-state index < -0.39 is 0 Å². The number of nitrogen functional groups attached to an aromatic ring is 1. The van der Waals surface area contributed by atoms with Crippen LogP contribution in [0.25, 0.3) is 5.57 Å². The van der Waals surface area contributed by atoms with Crippen molar-refractivity contribution in [3.05, 3.63) is 52.7 Å². The van der Waals surface area contributed by atoms with Crippen LogP contribution < -0.4 is 10.5 Å². The Morgan fingerprint density at radius 3 is 2.62 bits per heavy atom. The number of unbranched alkanes of at least 4 members (excludes halogenated alkanes) is 1. The summed E-state index contributed by atoms with van der Waals surface area (Å²) in [4.78, 5) is 11.4. The summed E-state index contributed by atoms with van der Waals surface area (Å²) in [6.45, 7) is 5.16. The van der Waals surface area contributed by atoms with Crippen molar-refractivity contribution in [1.82, 2.24) is 14.9 Å². The molecule has 0 bridgehead atoms. The number of nitrogens with two attached hydrogens (primary N) is 1. The average molecular weight is 393 g/mol. The molecule has 1 aromatic carbocycles. The minimum Gasteiger partial charge on any atom is -0.463 e. The lowest BCUT2D eigenvalue weighted by atomic mass is 9.88. The topological polar surface area (TPSA) is 64.3 Å². The molecule has 154 valence electrons. The highest BCUT2D eigenvalue weighted by atomic mass is 16.5. The second kappa shape index (κ2) is 8.95. The number of ether oxygens (including phenoxy) is 1. The number of anilines is 1. The van der Waals surface area contributed by atoms with Crippen LogP contribution in [0.5, 0.6) is 6.01 Å². The second-order valence-electron chi connectivity index (χ2n) is 8.35. The number of piperidine rings is 1. The van der Waals surface area contributed by atoms with Gasteiger partial charge in [0.25, 0.3) is 0 Å². The summed E-state index contributed by atoms with van der Waals surface area (Å²) in [5, 5.41) is 0. The minimum absolute atomic E-state index is 0.403. The molecule has 2 heterocycles. The molecule has 4 rings (SSSR count). The molecule has 1 aliphatic heterocycles. The van der Waals surface area contributed by atoms with Gasteiger partial charge in [-0.2, -0.15) is 9.97 Å². The first kappa shape index (κ1) is 19.9. The maximum absolute atomic E-state index is 6.18. The SMILES string of the molecule is CCCCOc1nc(N)c2c(n1)C(Cc1ccc(C3CCN(C)CC3)cc1)=CC2. The molecule has 1 saturated heterocycles. The summed E-state index contributed by atoms with van der Waals surface area (Å²) >= 11 is 0. The number of fused-ring (bicyclic) bond motifs is 1. The zero-order valence-electron chi connectivity index (χ0n) is 17.7. The van der Waals surface area contributed by atoms with E-state index in [0.29, 0.717) is 24.4 Å². The molecule has 1 fully saturated rings. The molecule has 2 aromatic rings. The summed E-state index contributed by atoms with van der Waals surface area (Å²) in [6.07, 6.45) is 8.49. The van der Waals surface area contributed by atoms with Crippen LogP contribution in [-0.4, -0.2) is 41.6 Å². The number of allylic oxidation sites excluding steroid dienone is 2. The molecule has 5 nitrogen and oxygen atoms in total. The lowest BCUT2D eigenvalue weighted by Gasteiger charge is -2.29. The molecule has 0 saturated carbocycles. The highest BCUT2D eigenvalue weighted by Gasteiger charge is 2.22. The van der Waals surface area contributed by atoms with E-state index in [1.54, 1.807) is 0 Å². The van der Waals surface area contributed by atoms with Crippen molar-refractivity contribution >= 4 is 11.4 Å². The largest absolute Gasteiger partial charge is 0.463 e. The zero-order valence-corrected chi connectivity index (χ0v) is 17.7. The maximum atomic E-state index is 6.18. The van der Waals surface area contributed by atoms with Gasteiger partial charge in [0, 0.05) is 5.56 Å². The molecule has 2 aliphatic rings. The van der Waals surface area contributed by atoms with Gasteiger partial charge in [0.15, 0.2) is 0 Å². The maximum Gasteiger partial charge on any atom is 0.318 e. The molecule has 5 heteroatoms. The number of likely N-dealkylation sites (tertiary alicyclic amines) is 1. The molecule has 0 radical (unpaired) electrons. The van der Waals surface area contributed by atoms with Gasteiger partial charge in [0.1, 0.15) is 5.82 Å². The molecular weight excluding hydrogens is 360 g/mol. The smallest absolute Gasteiger partial charge is 0.318 e. The van der Waals surface area contributed by atoms with Gasteiger partial charge in [-0.25, -0.2) is 0 Å². The van der Waals surface area contributed by atoms with E-state index in [1.807, 2.05) is 0 Å². The van der Waals surface area contributed by atoms with Crippen molar-refractivity contribution in [1.29, 1.82) is 0 Å². The third-order valence-corrected chi connectivity index (χ3v) is 6.17. The van der Waals surface area contributed by atoms with Crippen molar-refractivity contribution in [3.8, 4) is 6.01 Å². The van der Waals surface area contributed by atoms with E-state index in [9.17, 15) is 0 Å². The molecule has 1 aliphatic carbocycles. The van der Waals surface area contributed by atoms with Crippen LogP contribution in [0.3, 0.4) is 0 Å². The highest BCUT2D eigenvalue weighted by Crippen LogP contribution is 2.33. The molecule has 0 spiro atoms. The zero-order chi connectivity index (χ0) is 20.2. The average Bonchev–Trinajstić information content (AvgIpc) is 3.13. The Balaban J connectivity index is 1.44.